The van der Waals surface area contributed by atoms with Crippen LogP contribution in [0, 0.1) is 0 Å². The third kappa shape index (κ3) is 7.20. The summed E-state index contributed by atoms with van der Waals surface area (Å²) in [6, 6.07) is 0. The summed E-state index contributed by atoms with van der Waals surface area (Å²) in [5.74, 6) is -0.290. The van der Waals surface area contributed by atoms with Gasteiger partial charge in [0.1, 0.15) is 0 Å². The first kappa shape index (κ1) is 30.9. The first-order chi connectivity index (χ1) is 14.3. The minimum atomic E-state index is -3.51. The first-order valence-corrected chi connectivity index (χ1v) is 22.9. The molecule has 0 bridgehead atoms. The van der Waals surface area contributed by atoms with E-state index in [4.69, 9.17) is 12.3 Å². The maximum Gasteiger partial charge on any atom is 0.490 e. The number of nitrogens with zero attached hydrogens (tertiary/aromatic N) is 1. The maximum atomic E-state index is 12.7. The van der Waals surface area contributed by atoms with Crippen LogP contribution < -0.4 is 0 Å². The van der Waals surface area contributed by atoms with E-state index in [2.05, 4.69) is 102 Å². The number of imide groups is 1. The summed E-state index contributed by atoms with van der Waals surface area (Å²) in [5.41, 5.74) is 0. The van der Waals surface area contributed by atoms with Crippen LogP contribution in [0.25, 0.3) is 0 Å². The van der Waals surface area contributed by atoms with Crippen LogP contribution in [-0.4, -0.2) is 56.6 Å². The minimum Gasteiger partial charge on any atom is -0.415 e. The summed E-state index contributed by atoms with van der Waals surface area (Å²) < 4.78 is 21.5. The highest BCUT2D eigenvalue weighted by molar-refractivity contribution is 6.92. The Balaban J connectivity index is 3.77. The third-order valence-corrected chi connectivity index (χ3v) is 29.6. The van der Waals surface area contributed by atoms with Gasteiger partial charge in [0.05, 0.1) is 6.17 Å². The zero-order valence-electron chi connectivity index (χ0n) is 24.1. The zero-order valence-corrected chi connectivity index (χ0v) is 28.1. The molecule has 194 valence electrons. The van der Waals surface area contributed by atoms with Crippen molar-refractivity contribution in [3.05, 3.63) is 0 Å². The number of carbonyl (C=O) groups excluding carboxylic acids is 2. The summed E-state index contributed by atoms with van der Waals surface area (Å²) in [5, 5.41) is -0.215. The predicted octanol–water partition coefficient (Wildman–Crippen LogP) is 6.68. The first-order valence-electron chi connectivity index (χ1n) is 12.2. The number of likely N-dealkylation sites (tertiary alicyclic amines) is 1. The average Bonchev–Trinajstić information content (AvgIpc) is 2.81. The van der Waals surface area contributed by atoms with Gasteiger partial charge in [0.15, 0.2) is 25.0 Å². The molecule has 6 nitrogen and oxygen atoms in total. The van der Waals surface area contributed by atoms with E-state index in [0.717, 1.165) is 0 Å². The zero-order chi connectivity index (χ0) is 26.5. The summed E-state index contributed by atoms with van der Waals surface area (Å²) in [6.07, 6.45) is 0.628. The lowest BCUT2D eigenvalue weighted by Gasteiger charge is -2.52. The van der Waals surface area contributed by atoms with Crippen molar-refractivity contribution in [1.29, 1.82) is 0 Å². The second kappa shape index (κ2) is 9.40. The molecule has 0 atom stereocenters. The van der Waals surface area contributed by atoms with Gasteiger partial charge in [-0.2, -0.15) is 0 Å². The Morgan fingerprint density at radius 3 is 1.06 bits per heavy atom. The van der Waals surface area contributed by atoms with Gasteiger partial charge < -0.3 is 12.3 Å². The molecule has 2 amide bonds. The van der Waals surface area contributed by atoms with E-state index in [1.165, 1.54) is 4.90 Å². The Hall–Kier alpha value is -0.112. The minimum absolute atomic E-state index is 0.0716. The molecule has 1 fully saturated rings. The van der Waals surface area contributed by atoms with Crippen LogP contribution in [0.4, 0.5) is 0 Å². The molecule has 1 rings (SSSR count). The van der Waals surface area contributed by atoms with Crippen molar-refractivity contribution < 1.29 is 21.9 Å². The number of carbonyl (C=O) groups is 2. The number of hydrogen-bond acceptors (Lipinski definition) is 5. The van der Waals surface area contributed by atoms with E-state index < -0.39 is 33.8 Å². The second-order valence-corrected chi connectivity index (χ2v) is 31.8. The van der Waals surface area contributed by atoms with Crippen LogP contribution in [0.5, 0.6) is 0 Å². The summed E-state index contributed by atoms with van der Waals surface area (Å²) in [4.78, 5) is 26.9. The quantitative estimate of drug-likeness (QED) is 0.257. The van der Waals surface area contributed by atoms with Crippen molar-refractivity contribution in [2.24, 2.45) is 0 Å². The van der Waals surface area contributed by atoms with Crippen LogP contribution in [0.2, 0.25) is 54.4 Å². The summed E-state index contributed by atoms with van der Waals surface area (Å²) in [6.45, 7) is 33.0. The molecule has 0 aromatic rings. The molecule has 10 heteroatoms. The standard InChI is InChI=1S/C23H51NO5Si4/c1-21(2,3)30(10,11)27-33(28-31(12,13)22(4,5)6,29-32(14,15)23(7,8)9)18-24-19(25)16-17-20(24)26/h16-18H2,1-15H3. The molecule has 0 saturated carbocycles. The normalized spacial score (nSPS) is 17.8. The topological polar surface area (TPSA) is 65.1 Å². The average molecular weight is 534 g/mol. The molecule has 0 N–H and O–H groups in total. The molecule has 1 aliphatic heterocycles. The molecule has 0 aromatic heterocycles. The monoisotopic (exact) mass is 533 g/mol. The van der Waals surface area contributed by atoms with Gasteiger partial charge in [-0.1, -0.05) is 62.3 Å². The number of hydrogen-bond donors (Lipinski definition) is 0. The fourth-order valence-electron chi connectivity index (χ4n) is 2.78. The van der Waals surface area contributed by atoms with Gasteiger partial charge in [-0.15, -0.1) is 0 Å². The van der Waals surface area contributed by atoms with Gasteiger partial charge in [0.25, 0.3) is 0 Å². The van der Waals surface area contributed by atoms with Gasteiger partial charge in [-0.3, -0.25) is 14.5 Å². The van der Waals surface area contributed by atoms with E-state index in [0.29, 0.717) is 0 Å². The lowest BCUT2D eigenvalue weighted by Crippen LogP contribution is -2.70. The molecular formula is C23H51NO5Si4. The molecular weight excluding hydrogens is 483 g/mol. The van der Waals surface area contributed by atoms with Gasteiger partial charge in [-0.25, -0.2) is 0 Å². The highest BCUT2D eigenvalue weighted by Crippen LogP contribution is 2.46. The van der Waals surface area contributed by atoms with E-state index in [9.17, 15) is 9.59 Å². The van der Waals surface area contributed by atoms with Crippen LogP contribution in [0.1, 0.15) is 75.2 Å². The van der Waals surface area contributed by atoms with E-state index in [-0.39, 0.29) is 45.9 Å². The lowest BCUT2D eigenvalue weighted by molar-refractivity contribution is -0.138. The molecule has 1 heterocycles. The van der Waals surface area contributed by atoms with Crippen LogP contribution in [0.3, 0.4) is 0 Å². The molecule has 0 radical (unpaired) electrons. The Bertz CT molecular complexity index is 660. The smallest absolute Gasteiger partial charge is 0.415 e. The van der Waals surface area contributed by atoms with Crippen molar-refractivity contribution >= 4 is 45.6 Å². The van der Waals surface area contributed by atoms with Crippen molar-refractivity contribution in [3.8, 4) is 0 Å². The highest BCUT2D eigenvalue weighted by Gasteiger charge is 2.60. The Kier molecular flexibility index (Phi) is 8.81. The SMILES string of the molecule is CC(C)(C)[Si](C)(C)O[Si](CN1C(=O)CCC1=O)(O[Si](C)(C)C(C)(C)C)O[Si](C)(C)C(C)(C)C. The van der Waals surface area contributed by atoms with E-state index in [1.54, 1.807) is 0 Å². The van der Waals surface area contributed by atoms with Crippen molar-refractivity contribution in [3.63, 3.8) is 0 Å². The van der Waals surface area contributed by atoms with Crippen LogP contribution in [0.15, 0.2) is 0 Å². The molecule has 0 spiro atoms. The van der Waals surface area contributed by atoms with Gasteiger partial charge in [0.2, 0.25) is 11.8 Å². The van der Waals surface area contributed by atoms with E-state index in [1.807, 2.05) is 0 Å². The van der Waals surface area contributed by atoms with Crippen molar-refractivity contribution in [2.45, 2.75) is 130 Å². The van der Waals surface area contributed by atoms with Crippen LogP contribution in [-0.2, 0) is 21.9 Å². The van der Waals surface area contributed by atoms with Crippen molar-refractivity contribution in [1.82, 2.24) is 4.90 Å². The van der Waals surface area contributed by atoms with Crippen molar-refractivity contribution in [2.75, 3.05) is 6.17 Å². The predicted molar refractivity (Wildman–Crippen MR) is 147 cm³/mol. The number of amides is 2. The third-order valence-electron chi connectivity index (χ3n) is 8.16. The maximum absolute atomic E-state index is 12.7. The van der Waals surface area contributed by atoms with E-state index >= 15 is 0 Å². The Morgan fingerprint density at radius 1 is 0.606 bits per heavy atom. The molecule has 1 aliphatic rings. The molecule has 0 aromatic carbocycles. The molecule has 0 aliphatic carbocycles. The van der Waals surface area contributed by atoms with Crippen LogP contribution >= 0.6 is 0 Å². The molecule has 1 saturated heterocycles. The second-order valence-electron chi connectivity index (χ2n) is 14.1. The Labute approximate surface area is 207 Å². The molecule has 0 unspecified atom stereocenters. The number of rotatable bonds is 8. The lowest BCUT2D eigenvalue weighted by atomic mass is 10.2. The fraction of sp³-hybridized carbons (Fsp3) is 0.913. The van der Waals surface area contributed by atoms with Gasteiger partial charge in [-0.05, 0) is 54.4 Å². The molecule has 33 heavy (non-hydrogen) atoms. The van der Waals surface area contributed by atoms with Gasteiger partial charge in [0, 0.05) is 12.8 Å². The fourth-order valence-corrected chi connectivity index (χ4v) is 18.9. The Morgan fingerprint density at radius 2 is 0.848 bits per heavy atom. The largest absolute Gasteiger partial charge is 0.490 e. The van der Waals surface area contributed by atoms with Gasteiger partial charge >= 0.3 is 8.80 Å². The highest BCUT2D eigenvalue weighted by atomic mass is 28.5. The summed E-state index contributed by atoms with van der Waals surface area (Å²) >= 11 is 0. The summed E-state index contributed by atoms with van der Waals surface area (Å²) in [7, 11) is -10.6.